The molecule has 1 aromatic carbocycles. The van der Waals surface area contributed by atoms with Crippen LogP contribution < -0.4 is 4.74 Å². The van der Waals surface area contributed by atoms with E-state index in [9.17, 15) is 4.79 Å². The zero-order chi connectivity index (χ0) is 12.1. The molecule has 0 aliphatic rings. The van der Waals surface area contributed by atoms with E-state index in [0.717, 1.165) is 12.0 Å². The summed E-state index contributed by atoms with van der Waals surface area (Å²) in [5.41, 5.74) is 1.36. The van der Waals surface area contributed by atoms with Crippen molar-refractivity contribution in [3.05, 3.63) is 52.2 Å². The van der Waals surface area contributed by atoms with E-state index in [1.165, 1.54) is 11.3 Å². The lowest BCUT2D eigenvalue weighted by Crippen LogP contribution is -2.05. The number of carbonyl (C=O) groups excluding carboxylic acids is 1. The Labute approximate surface area is 105 Å². The predicted octanol–water partition coefficient (Wildman–Crippen LogP) is 3.77. The summed E-state index contributed by atoms with van der Waals surface area (Å²) in [6, 6.07) is 9.23. The number of ketones is 1. The Hall–Kier alpha value is -1.61. The Bertz CT molecular complexity index is 489. The van der Waals surface area contributed by atoms with Crippen LogP contribution in [0.1, 0.15) is 29.3 Å². The summed E-state index contributed by atoms with van der Waals surface area (Å²) in [6.45, 7) is 2.68. The van der Waals surface area contributed by atoms with Crippen molar-refractivity contribution in [2.24, 2.45) is 0 Å². The van der Waals surface area contributed by atoms with Gasteiger partial charge < -0.3 is 4.74 Å². The van der Waals surface area contributed by atoms with E-state index >= 15 is 0 Å². The molecule has 0 atom stereocenters. The number of hydrogen-bond acceptors (Lipinski definition) is 3. The minimum absolute atomic E-state index is 0.0259. The number of ether oxygens (including phenoxy) is 1. The van der Waals surface area contributed by atoms with Crippen LogP contribution in [0, 0.1) is 0 Å². The molecule has 2 aromatic rings. The monoisotopic (exact) mass is 246 g/mol. The second-order valence-electron chi connectivity index (χ2n) is 3.69. The first-order valence-corrected chi connectivity index (χ1v) is 6.56. The Kier molecular flexibility index (Phi) is 3.94. The average Bonchev–Trinajstić information content (AvgIpc) is 2.89. The van der Waals surface area contributed by atoms with Gasteiger partial charge in [0.1, 0.15) is 5.75 Å². The number of carbonyl (C=O) groups is 1. The van der Waals surface area contributed by atoms with Crippen LogP contribution in [0.15, 0.2) is 41.1 Å². The van der Waals surface area contributed by atoms with Gasteiger partial charge in [-0.2, -0.15) is 11.3 Å². The molecule has 3 heteroatoms. The molecule has 0 fully saturated rings. The Morgan fingerprint density at radius 1 is 1.29 bits per heavy atom. The minimum Gasteiger partial charge on any atom is -0.493 e. The highest BCUT2D eigenvalue weighted by Gasteiger charge is 2.14. The topological polar surface area (TPSA) is 26.3 Å². The Balaban J connectivity index is 2.28. The second-order valence-corrected chi connectivity index (χ2v) is 4.47. The lowest BCUT2D eigenvalue weighted by atomic mass is 10.1. The fourth-order valence-electron chi connectivity index (χ4n) is 1.54. The third-order valence-electron chi connectivity index (χ3n) is 2.38. The minimum atomic E-state index is 0.0259. The summed E-state index contributed by atoms with van der Waals surface area (Å²) in [6.07, 6.45) is 0.932. The van der Waals surface area contributed by atoms with Gasteiger partial charge in [0.25, 0.3) is 0 Å². The molecule has 0 spiro atoms. The Morgan fingerprint density at radius 2 is 2.12 bits per heavy atom. The SMILES string of the molecule is CCCOc1ccccc1C(=O)c1ccsc1. The van der Waals surface area contributed by atoms with Gasteiger partial charge in [-0.05, 0) is 30.0 Å². The second kappa shape index (κ2) is 5.64. The van der Waals surface area contributed by atoms with Crippen LogP contribution in [0.25, 0.3) is 0 Å². The van der Waals surface area contributed by atoms with Crippen LogP contribution in [0.4, 0.5) is 0 Å². The average molecular weight is 246 g/mol. The molecular formula is C14H14O2S. The van der Waals surface area contributed by atoms with Crippen molar-refractivity contribution in [2.45, 2.75) is 13.3 Å². The van der Waals surface area contributed by atoms with Crippen LogP contribution in [0.2, 0.25) is 0 Å². The van der Waals surface area contributed by atoms with Gasteiger partial charge in [0, 0.05) is 10.9 Å². The molecule has 0 amide bonds. The van der Waals surface area contributed by atoms with Crippen molar-refractivity contribution >= 4 is 17.1 Å². The van der Waals surface area contributed by atoms with Gasteiger partial charge in [-0.3, -0.25) is 4.79 Å². The largest absolute Gasteiger partial charge is 0.493 e. The molecule has 1 aromatic heterocycles. The van der Waals surface area contributed by atoms with Gasteiger partial charge in [-0.15, -0.1) is 0 Å². The molecule has 0 saturated carbocycles. The third-order valence-corrected chi connectivity index (χ3v) is 3.06. The van der Waals surface area contributed by atoms with Crippen molar-refractivity contribution in [1.82, 2.24) is 0 Å². The first kappa shape index (κ1) is 11.9. The lowest BCUT2D eigenvalue weighted by molar-refractivity contribution is 0.103. The van der Waals surface area contributed by atoms with Crippen molar-refractivity contribution in [2.75, 3.05) is 6.61 Å². The summed E-state index contributed by atoms with van der Waals surface area (Å²) < 4.78 is 5.59. The predicted molar refractivity (Wildman–Crippen MR) is 70.0 cm³/mol. The zero-order valence-electron chi connectivity index (χ0n) is 9.68. The molecule has 0 aliphatic carbocycles. The molecule has 1 heterocycles. The lowest BCUT2D eigenvalue weighted by Gasteiger charge is -2.09. The maximum Gasteiger partial charge on any atom is 0.197 e. The maximum atomic E-state index is 12.2. The van der Waals surface area contributed by atoms with Gasteiger partial charge in [0.15, 0.2) is 5.78 Å². The highest BCUT2D eigenvalue weighted by Crippen LogP contribution is 2.22. The summed E-state index contributed by atoms with van der Waals surface area (Å²) in [7, 11) is 0. The maximum absolute atomic E-state index is 12.2. The smallest absolute Gasteiger partial charge is 0.197 e. The number of para-hydroxylation sites is 1. The molecule has 0 saturated heterocycles. The third kappa shape index (κ3) is 2.74. The van der Waals surface area contributed by atoms with Crippen molar-refractivity contribution < 1.29 is 9.53 Å². The van der Waals surface area contributed by atoms with Crippen molar-refractivity contribution in [1.29, 1.82) is 0 Å². The molecule has 0 unspecified atom stereocenters. The molecule has 0 N–H and O–H groups in total. The molecule has 0 aliphatic heterocycles. The van der Waals surface area contributed by atoms with E-state index in [1.54, 1.807) is 0 Å². The highest BCUT2D eigenvalue weighted by molar-refractivity contribution is 7.08. The molecule has 0 radical (unpaired) electrons. The number of rotatable bonds is 5. The summed E-state index contributed by atoms with van der Waals surface area (Å²) in [5.74, 6) is 0.698. The molecule has 2 rings (SSSR count). The fourth-order valence-corrected chi connectivity index (χ4v) is 2.18. The van der Waals surface area contributed by atoms with Crippen LogP contribution >= 0.6 is 11.3 Å². The quantitative estimate of drug-likeness (QED) is 0.751. The first-order chi connectivity index (χ1) is 8.33. The Morgan fingerprint density at radius 3 is 2.82 bits per heavy atom. The van der Waals surface area contributed by atoms with E-state index in [4.69, 9.17) is 4.74 Å². The van der Waals surface area contributed by atoms with Crippen LogP contribution in [-0.4, -0.2) is 12.4 Å². The van der Waals surface area contributed by atoms with E-state index < -0.39 is 0 Å². The molecule has 0 bridgehead atoms. The normalized spacial score (nSPS) is 10.2. The van der Waals surface area contributed by atoms with Gasteiger partial charge in [-0.25, -0.2) is 0 Å². The van der Waals surface area contributed by atoms with Crippen molar-refractivity contribution in [3.63, 3.8) is 0 Å². The summed E-state index contributed by atoms with van der Waals surface area (Å²) >= 11 is 1.52. The van der Waals surface area contributed by atoms with Gasteiger partial charge in [0.2, 0.25) is 0 Å². The first-order valence-electron chi connectivity index (χ1n) is 5.61. The molecule has 17 heavy (non-hydrogen) atoms. The van der Waals surface area contributed by atoms with E-state index in [1.807, 2.05) is 48.0 Å². The van der Waals surface area contributed by atoms with Crippen LogP contribution in [-0.2, 0) is 0 Å². The zero-order valence-corrected chi connectivity index (χ0v) is 10.5. The number of benzene rings is 1. The molecule has 88 valence electrons. The van der Waals surface area contributed by atoms with Gasteiger partial charge in [0.05, 0.1) is 12.2 Å². The number of hydrogen-bond donors (Lipinski definition) is 0. The van der Waals surface area contributed by atoms with Crippen molar-refractivity contribution in [3.8, 4) is 5.75 Å². The number of thiophene rings is 1. The standard InChI is InChI=1S/C14H14O2S/c1-2-8-16-13-6-4-3-5-12(13)14(15)11-7-9-17-10-11/h3-7,9-10H,2,8H2,1H3. The summed E-state index contributed by atoms with van der Waals surface area (Å²) in [4.78, 5) is 12.2. The van der Waals surface area contributed by atoms with E-state index in [-0.39, 0.29) is 5.78 Å². The fraction of sp³-hybridized carbons (Fsp3) is 0.214. The van der Waals surface area contributed by atoms with Gasteiger partial charge >= 0.3 is 0 Å². The van der Waals surface area contributed by atoms with E-state index in [0.29, 0.717) is 17.9 Å². The highest BCUT2D eigenvalue weighted by atomic mass is 32.1. The summed E-state index contributed by atoms with van der Waals surface area (Å²) in [5, 5.41) is 3.77. The molecular weight excluding hydrogens is 232 g/mol. The van der Waals surface area contributed by atoms with Crippen LogP contribution in [0.3, 0.4) is 0 Å². The van der Waals surface area contributed by atoms with E-state index in [2.05, 4.69) is 0 Å². The van der Waals surface area contributed by atoms with Gasteiger partial charge in [-0.1, -0.05) is 19.1 Å². The molecule has 2 nitrogen and oxygen atoms in total. The van der Waals surface area contributed by atoms with Crippen LogP contribution in [0.5, 0.6) is 5.75 Å².